The molecule has 1 aliphatic carbocycles. The molecule has 122 valence electrons. The summed E-state index contributed by atoms with van der Waals surface area (Å²) in [7, 11) is 0. The topological polar surface area (TPSA) is 72.7 Å². The van der Waals surface area contributed by atoms with Crippen LogP contribution in [0.3, 0.4) is 0 Å². The lowest BCUT2D eigenvalue weighted by atomic mass is 10.3. The molecular weight excluding hydrogens is 342 g/mol. The van der Waals surface area contributed by atoms with Crippen molar-refractivity contribution in [3.63, 3.8) is 0 Å². The Kier molecular flexibility index (Phi) is 4.07. The first-order valence-electron chi connectivity index (χ1n) is 7.58. The number of hydrogen-bond acceptors (Lipinski definition) is 6. The van der Waals surface area contributed by atoms with E-state index in [1.165, 1.54) is 35.9 Å². The normalized spacial score (nSPS) is 13.9. The van der Waals surface area contributed by atoms with Gasteiger partial charge >= 0.3 is 0 Å². The van der Waals surface area contributed by atoms with Gasteiger partial charge in [0.2, 0.25) is 5.13 Å². The summed E-state index contributed by atoms with van der Waals surface area (Å²) in [5.41, 5.74) is 1.38. The van der Waals surface area contributed by atoms with Crippen molar-refractivity contribution in [2.75, 3.05) is 11.6 Å². The Hall–Kier alpha value is -2.19. The maximum absolute atomic E-state index is 12.7. The van der Waals surface area contributed by atoms with Gasteiger partial charge in [-0.3, -0.25) is 14.7 Å². The van der Waals surface area contributed by atoms with Gasteiger partial charge in [-0.2, -0.15) is 0 Å². The Morgan fingerprint density at radius 3 is 2.79 bits per heavy atom. The lowest BCUT2D eigenvalue weighted by Gasteiger charge is -2.10. The van der Waals surface area contributed by atoms with Gasteiger partial charge in [-0.25, -0.2) is 4.98 Å². The number of carbonyl (C=O) groups excluding carboxylic acids is 1. The molecule has 1 aromatic carbocycles. The number of amides is 1. The molecule has 0 spiro atoms. The van der Waals surface area contributed by atoms with Gasteiger partial charge in [-0.1, -0.05) is 41.3 Å². The lowest BCUT2D eigenvalue weighted by molar-refractivity contribution is 0.102. The maximum atomic E-state index is 12.7. The van der Waals surface area contributed by atoms with Crippen LogP contribution >= 0.6 is 23.1 Å². The summed E-state index contributed by atoms with van der Waals surface area (Å²) in [4.78, 5) is 17.0. The van der Waals surface area contributed by atoms with E-state index in [2.05, 4.69) is 20.5 Å². The minimum atomic E-state index is -0.231. The molecule has 24 heavy (non-hydrogen) atoms. The predicted octanol–water partition coefficient (Wildman–Crippen LogP) is 3.58. The molecule has 1 saturated carbocycles. The van der Waals surface area contributed by atoms with E-state index in [1.54, 1.807) is 6.20 Å². The number of carbonyl (C=O) groups is 1. The number of imidazole rings is 1. The second kappa shape index (κ2) is 6.37. The molecule has 0 atom stereocenters. The van der Waals surface area contributed by atoms with E-state index in [-0.39, 0.29) is 5.91 Å². The largest absolute Gasteiger partial charge is 0.295 e. The number of aromatic nitrogens is 4. The second-order valence-electron chi connectivity index (χ2n) is 5.47. The van der Waals surface area contributed by atoms with Gasteiger partial charge < -0.3 is 0 Å². The minimum Gasteiger partial charge on any atom is -0.295 e. The fraction of sp³-hybridized carbons (Fsp3) is 0.250. The van der Waals surface area contributed by atoms with Crippen molar-refractivity contribution in [1.29, 1.82) is 0 Å². The van der Waals surface area contributed by atoms with Crippen LogP contribution in [0.25, 0.3) is 5.69 Å². The van der Waals surface area contributed by atoms with E-state index < -0.39 is 0 Å². The van der Waals surface area contributed by atoms with Crippen molar-refractivity contribution in [2.45, 2.75) is 23.9 Å². The smallest absolute Gasteiger partial charge is 0.276 e. The molecule has 8 heteroatoms. The Morgan fingerprint density at radius 2 is 2.08 bits per heavy atom. The highest BCUT2D eigenvalue weighted by Crippen LogP contribution is 2.42. The minimum absolute atomic E-state index is 0.231. The maximum Gasteiger partial charge on any atom is 0.276 e. The third-order valence-electron chi connectivity index (χ3n) is 3.75. The van der Waals surface area contributed by atoms with Crippen molar-refractivity contribution in [3.05, 3.63) is 47.2 Å². The highest BCUT2D eigenvalue weighted by Gasteiger charge is 2.28. The van der Waals surface area contributed by atoms with Crippen LogP contribution in [0, 0.1) is 0 Å². The summed E-state index contributed by atoms with van der Waals surface area (Å²) in [6, 6.07) is 9.73. The number of nitrogens with one attached hydrogen (secondary N) is 1. The molecular formula is C16H15N5OS2. The van der Waals surface area contributed by atoms with Gasteiger partial charge in [-0.15, -0.1) is 10.2 Å². The Bertz CT molecular complexity index is 870. The number of rotatable bonds is 5. The molecule has 1 N–H and O–H groups in total. The molecule has 1 amide bonds. The second-order valence-corrected chi connectivity index (χ2v) is 7.26. The molecule has 2 heterocycles. The first-order chi connectivity index (χ1) is 11.8. The first-order valence-corrected chi connectivity index (χ1v) is 9.62. The average Bonchev–Trinajstić information content (AvgIpc) is 3.20. The summed E-state index contributed by atoms with van der Waals surface area (Å²) in [5, 5.41) is 13.4. The number of anilines is 1. The summed E-state index contributed by atoms with van der Waals surface area (Å²) in [6.45, 7) is 0. The molecule has 1 fully saturated rings. The standard InChI is InChI=1S/C16H15N5OS2/c1-23-16-17-9-12(21(16)11-5-3-2-4-6-11)13(22)18-15-20-19-14(24-15)10-7-8-10/h2-6,9-10H,7-8H2,1H3,(H,18,20,22). The van der Waals surface area contributed by atoms with Crippen LogP contribution in [0.2, 0.25) is 0 Å². The number of benzene rings is 1. The summed E-state index contributed by atoms with van der Waals surface area (Å²) in [5.74, 6) is 0.302. The summed E-state index contributed by atoms with van der Waals surface area (Å²) < 4.78 is 1.85. The lowest BCUT2D eigenvalue weighted by Crippen LogP contribution is -2.16. The number of nitrogens with zero attached hydrogens (tertiary/aromatic N) is 4. The van der Waals surface area contributed by atoms with Crippen molar-refractivity contribution in [1.82, 2.24) is 19.7 Å². The third kappa shape index (κ3) is 2.94. The van der Waals surface area contributed by atoms with Crippen LogP contribution in [-0.2, 0) is 0 Å². The Labute approximate surface area is 147 Å². The SMILES string of the molecule is CSc1ncc(C(=O)Nc2nnc(C3CC3)s2)n1-c1ccccc1. The summed E-state index contributed by atoms with van der Waals surface area (Å²) in [6.07, 6.45) is 5.87. The zero-order valence-corrected chi connectivity index (χ0v) is 14.6. The van der Waals surface area contributed by atoms with Gasteiger partial charge in [0.05, 0.1) is 6.20 Å². The van der Waals surface area contributed by atoms with Crippen LogP contribution in [0.4, 0.5) is 5.13 Å². The zero-order chi connectivity index (χ0) is 16.5. The fourth-order valence-electron chi connectivity index (χ4n) is 2.41. The van der Waals surface area contributed by atoms with Gasteiger partial charge in [-0.05, 0) is 31.2 Å². The number of para-hydroxylation sites is 1. The van der Waals surface area contributed by atoms with Crippen LogP contribution in [0.5, 0.6) is 0 Å². The molecule has 2 aromatic heterocycles. The van der Waals surface area contributed by atoms with E-state index in [1.807, 2.05) is 41.2 Å². The summed E-state index contributed by atoms with van der Waals surface area (Å²) >= 11 is 2.95. The van der Waals surface area contributed by atoms with Crippen LogP contribution in [0.1, 0.15) is 34.3 Å². The Balaban J connectivity index is 1.63. The first kappa shape index (κ1) is 15.3. The molecule has 6 nitrogen and oxygen atoms in total. The molecule has 0 radical (unpaired) electrons. The monoisotopic (exact) mass is 357 g/mol. The zero-order valence-electron chi connectivity index (χ0n) is 13.0. The van der Waals surface area contributed by atoms with Crippen molar-refractivity contribution < 1.29 is 4.79 Å². The van der Waals surface area contributed by atoms with Gasteiger partial charge in [0, 0.05) is 11.6 Å². The average molecular weight is 357 g/mol. The van der Waals surface area contributed by atoms with Gasteiger partial charge in [0.1, 0.15) is 10.7 Å². The van der Waals surface area contributed by atoms with Crippen molar-refractivity contribution in [3.8, 4) is 5.69 Å². The number of hydrogen-bond donors (Lipinski definition) is 1. The van der Waals surface area contributed by atoms with Crippen molar-refractivity contribution in [2.24, 2.45) is 0 Å². The van der Waals surface area contributed by atoms with E-state index in [9.17, 15) is 4.79 Å². The van der Waals surface area contributed by atoms with E-state index in [4.69, 9.17) is 0 Å². The molecule has 0 aliphatic heterocycles. The van der Waals surface area contributed by atoms with Crippen molar-refractivity contribution >= 4 is 34.1 Å². The predicted molar refractivity (Wildman–Crippen MR) is 95.2 cm³/mol. The van der Waals surface area contributed by atoms with Crippen LogP contribution in [-0.4, -0.2) is 31.9 Å². The molecule has 1 aliphatic rings. The Morgan fingerprint density at radius 1 is 1.29 bits per heavy atom. The van der Waals surface area contributed by atoms with Crippen LogP contribution in [0.15, 0.2) is 41.7 Å². The molecule has 0 saturated heterocycles. The van der Waals surface area contributed by atoms with Gasteiger partial charge in [0.25, 0.3) is 5.91 Å². The molecule has 4 rings (SSSR count). The highest BCUT2D eigenvalue weighted by molar-refractivity contribution is 7.98. The molecule has 3 aromatic rings. The highest BCUT2D eigenvalue weighted by atomic mass is 32.2. The van der Waals surface area contributed by atoms with E-state index in [0.717, 1.165) is 15.9 Å². The molecule has 0 unspecified atom stereocenters. The van der Waals surface area contributed by atoms with E-state index >= 15 is 0 Å². The quantitative estimate of drug-likeness (QED) is 0.707. The number of thioether (sulfide) groups is 1. The molecule has 0 bridgehead atoms. The fourth-order valence-corrected chi connectivity index (χ4v) is 3.86. The van der Waals surface area contributed by atoms with Gasteiger partial charge in [0.15, 0.2) is 5.16 Å². The third-order valence-corrected chi connectivity index (χ3v) is 5.40. The van der Waals surface area contributed by atoms with E-state index in [0.29, 0.717) is 16.7 Å². The van der Waals surface area contributed by atoms with Crippen LogP contribution < -0.4 is 5.32 Å².